The minimum Gasteiger partial charge on any atom is -0.497 e. The maximum Gasteiger partial charge on any atom is 0.135 e. The minimum absolute atomic E-state index is 0.564. The summed E-state index contributed by atoms with van der Waals surface area (Å²) in [5, 5.41) is 7.13. The Morgan fingerprint density at radius 3 is 2.59 bits per heavy atom. The molecule has 5 atom stereocenters. The van der Waals surface area contributed by atoms with Crippen molar-refractivity contribution in [3.05, 3.63) is 36.7 Å². The van der Waals surface area contributed by atoms with Crippen molar-refractivity contribution >= 4 is 17.3 Å². The Morgan fingerprint density at radius 2 is 1.74 bits per heavy atom. The molecule has 5 nitrogen and oxygen atoms in total. The molecule has 5 heteroatoms. The number of anilines is 3. The molecule has 2 aromatic rings. The summed E-state index contributed by atoms with van der Waals surface area (Å²) in [6.45, 7) is 0. The van der Waals surface area contributed by atoms with Crippen LogP contribution in [0.5, 0.6) is 5.75 Å². The van der Waals surface area contributed by atoms with Crippen molar-refractivity contribution in [2.24, 2.45) is 23.7 Å². The molecular formula is C22H28N4O. The molecule has 3 bridgehead atoms. The van der Waals surface area contributed by atoms with E-state index in [2.05, 4.69) is 20.6 Å². The van der Waals surface area contributed by atoms with Gasteiger partial charge in [0.1, 0.15) is 23.7 Å². The highest BCUT2D eigenvalue weighted by Gasteiger charge is 2.46. The van der Waals surface area contributed by atoms with Gasteiger partial charge in [0.25, 0.3) is 0 Å². The Bertz CT molecular complexity index is 793. The predicted molar refractivity (Wildman–Crippen MR) is 107 cm³/mol. The van der Waals surface area contributed by atoms with Gasteiger partial charge in [-0.1, -0.05) is 0 Å². The van der Waals surface area contributed by atoms with E-state index >= 15 is 0 Å². The van der Waals surface area contributed by atoms with Gasteiger partial charge < -0.3 is 15.4 Å². The number of methoxy groups -OCH3 is 1. The van der Waals surface area contributed by atoms with E-state index in [1.165, 1.54) is 38.5 Å². The number of aromatic nitrogens is 2. The van der Waals surface area contributed by atoms with Crippen LogP contribution in [0.1, 0.15) is 38.5 Å². The van der Waals surface area contributed by atoms with Gasteiger partial charge in [0.05, 0.1) is 7.11 Å². The van der Waals surface area contributed by atoms with Crippen LogP contribution < -0.4 is 15.4 Å². The van der Waals surface area contributed by atoms with Crippen molar-refractivity contribution in [3.63, 3.8) is 0 Å². The summed E-state index contributed by atoms with van der Waals surface area (Å²) >= 11 is 0. The second-order valence-corrected chi connectivity index (χ2v) is 8.57. The summed E-state index contributed by atoms with van der Waals surface area (Å²) in [6.07, 6.45) is 10.1. The summed E-state index contributed by atoms with van der Waals surface area (Å²) in [7, 11) is 1.68. The first-order valence-corrected chi connectivity index (χ1v) is 10.3. The van der Waals surface area contributed by atoms with Crippen molar-refractivity contribution in [2.45, 2.75) is 44.6 Å². The third kappa shape index (κ3) is 3.47. The molecule has 3 saturated carbocycles. The Balaban J connectivity index is 1.29. The Morgan fingerprint density at radius 1 is 0.926 bits per heavy atom. The first-order chi connectivity index (χ1) is 13.3. The smallest absolute Gasteiger partial charge is 0.135 e. The molecule has 2 N–H and O–H groups in total. The highest BCUT2D eigenvalue weighted by atomic mass is 16.5. The minimum atomic E-state index is 0.564. The van der Waals surface area contributed by atoms with Crippen LogP contribution in [0.4, 0.5) is 17.3 Å². The van der Waals surface area contributed by atoms with E-state index in [4.69, 9.17) is 4.74 Å². The molecule has 0 amide bonds. The third-order valence-electron chi connectivity index (χ3n) is 6.92. The molecule has 1 aromatic heterocycles. The second kappa shape index (κ2) is 7.02. The van der Waals surface area contributed by atoms with Crippen molar-refractivity contribution in [1.29, 1.82) is 0 Å². The number of benzene rings is 1. The molecule has 1 aromatic carbocycles. The Kier molecular flexibility index (Phi) is 4.38. The molecule has 5 rings (SSSR count). The fourth-order valence-electron chi connectivity index (χ4n) is 5.79. The summed E-state index contributed by atoms with van der Waals surface area (Å²) in [4.78, 5) is 8.88. The van der Waals surface area contributed by atoms with Gasteiger partial charge in [0.2, 0.25) is 0 Å². The first kappa shape index (κ1) is 16.8. The molecule has 142 valence electrons. The average Bonchev–Trinajstić information content (AvgIpc) is 2.93. The number of fused-ring (bicyclic) bond motifs is 2. The molecule has 5 unspecified atom stereocenters. The zero-order valence-corrected chi connectivity index (χ0v) is 15.9. The van der Waals surface area contributed by atoms with Crippen LogP contribution in [0.3, 0.4) is 0 Å². The largest absolute Gasteiger partial charge is 0.497 e. The second-order valence-electron chi connectivity index (χ2n) is 8.57. The fraction of sp³-hybridized carbons (Fsp3) is 0.545. The van der Waals surface area contributed by atoms with Crippen LogP contribution >= 0.6 is 0 Å². The summed E-state index contributed by atoms with van der Waals surface area (Å²) < 4.78 is 5.21. The van der Waals surface area contributed by atoms with E-state index in [1.807, 2.05) is 30.3 Å². The maximum atomic E-state index is 5.21. The van der Waals surface area contributed by atoms with Crippen molar-refractivity contribution in [2.75, 3.05) is 17.7 Å². The first-order valence-electron chi connectivity index (χ1n) is 10.3. The van der Waals surface area contributed by atoms with E-state index in [0.717, 1.165) is 46.7 Å². The SMILES string of the molecule is COc1ccc(Nc2cc(NC3CCC4CC5CC(C4)C3C5)ncn2)cc1. The lowest BCUT2D eigenvalue weighted by Crippen LogP contribution is -2.30. The van der Waals surface area contributed by atoms with E-state index in [0.29, 0.717) is 6.04 Å². The highest BCUT2D eigenvalue weighted by molar-refractivity contribution is 5.59. The van der Waals surface area contributed by atoms with E-state index in [-0.39, 0.29) is 0 Å². The molecule has 0 aliphatic heterocycles. The van der Waals surface area contributed by atoms with Gasteiger partial charge in [-0.2, -0.15) is 0 Å². The van der Waals surface area contributed by atoms with Crippen LogP contribution in [0.25, 0.3) is 0 Å². The van der Waals surface area contributed by atoms with Gasteiger partial charge in [-0.25, -0.2) is 9.97 Å². The maximum absolute atomic E-state index is 5.21. The lowest BCUT2D eigenvalue weighted by molar-refractivity contribution is 0.254. The van der Waals surface area contributed by atoms with Crippen molar-refractivity contribution < 1.29 is 4.74 Å². The monoisotopic (exact) mass is 364 g/mol. The number of nitrogens with one attached hydrogen (secondary N) is 2. The number of hydrogen-bond donors (Lipinski definition) is 2. The average molecular weight is 364 g/mol. The molecule has 1 heterocycles. The van der Waals surface area contributed by atoms with Gasteiger partial charge in [0, 0.05) is 17.8 Å². The molecular weight excluding hydrogens is 336 g/mol. The molecule has 0 radical (unpaired) electrons. The zero-order valence-electron chi connectivity index (χ0n) is 15.9. The third-order valence-corrected chi connectivity index (χ3v) is 6.92. The van der Waals surface area contributed by atoms with Gasteiger partial charge in [-0.3, -0.25) is 0 Å². The van der Waals surface area contributed by atoms with Crippen LogP contribution in [-0.4, -0.2) is 23.1 Å². The Hall–Kier alpha value is -2.30. The van der Waals surface area contributed by atoms with Crippen molar-refractivity contribution in [3.8, 4) is 5.75 Å². The van der Waals surface area contributed by atoms with Crippen LogP contribution in [0.15, 0.2) is 36.7 Å². The molecule has 27 heavy (non-hydrogen) atoms. The van der Waals surface area contributed by atoms with Crippen molar-refractivity contribution in [1.82, 2.24) is 9.97 Å². The quantitative estimate of drug-likeness (QED) is 0.794. The summed E-state index contributed by atoms with van der Waals surface area (Å²) in [5.74, 6) is 6.33. The standard InChI is InChI=1S/C22H28N4O/c1-27-18-5-3-17(4-6-18)25-21-12-22(24-13-23-21)26-20-7-2-14-8-15-10-16(9-14)19(20)11-15/h3-6,12-16,19-20H,2,7-11H2,1H3,(H2,23,24,25,26). The topological polar surface area (TPSA) is 59.1 Å². The predicted octanol–water partition coefficient (Wildman–Crippen LogP) is 4.86. The zero-order chi connectivity index (χ0) is 18.2. The molecule has 0 spiro atoms. The van der Waals surface area contributed by atoms with E-state index < -0.39 is 0 Å². The number of rotatable bonds is 5. The summed E-state index contributed by atoms with van der Waals surface area (Å²) in [6, 6.07) is 10.5. The molecule has 3 fully saturated rings. The number of hydrogen-bond acceptors (Lipinski definition) is 5. The summed E-state index contributed by atoms with van der Waals surface area (Å²) in [5.41, 5.74) is 0.992. The fourth-order valence-corrected chi connectivity index (χ4v) is 5.79. The van der Waals surface area contributed by atoms with Gasteiger partial charge in [-0.15, -0.1) is 0 Å². The lowest BCUT2D eigenvalue weighted by Gasteiger charge is -2.27. The number of nitrogens with zero attached hydrogens (tertiary/aromatic N) is 2. The molecule has 3 aliphatic rings. The highest BCUT2D eigenvalue weighted by Crippen LogP contribution is 2.53. The van der Waals surface area contributed by atoms with Crippen LogP contribution in [0, 0.1) is 23.7 Å². The molecule has 3 aliphatic carbocycles. The number of ether oxygens (including phenoxy) is 1. The van der Waals surface area contributed by atoms with Gasteiger partial charge >= 0.3 is 0 Å². The Labute approximate surface area is 161 Å². The van der Waals surface area contributed by atoms with E-state index in [9.17, 15) is 0 Å². The normalized spacial score (nSPS) is 31.4. The molecule has 0 saturated heterocycles. The van der Waals surface area contributed by atoms with Crippen LogP contribution in [-0.2, 0) is 0 Å². The van der Waals surface area contributed by atoms with E-state index in [1.54, 1.807) is 13.4 Å². The van der Waals surface area contributed by atoms with Gasteiger partial charge in [0.15, 0.2) is 0 Å². The van der Waals surface area contributed by atoms with Gasteiger partial charge in [-0.05, 0) is 86.5 Å². The van der Waals surface area contributed by atoms with Crippen LogP contribution in [0.2, 0.25) is 0 Å². The lowest BCUT2D eigenvalue weighted by atomic mass is 9.80.